The van der Waals surface area contributed by atoms with E-state index in [0.29, 0.717) is 0 Å². The molecule has 6 aromatic carbocycles. The minimum atomic E-state index is 1.16. The van der Waals surface area contributed by atoms with Gasteiger partial charge in [0.25, 0.3) is 0 Å². The molecule has 0 saturated carbocycles. The number of aliphatic imine (C=N–C) groups is 1. The lowest BCUT2D eigenvalue weighted by atomic mass is 9.83. The fourth-order valence-electron chi connectivity index (χ4n) is 5.16. The van der Waals surface area contributed by atoms with Crippen LogP contribution in [0.25, 0.3) is 54.9 Å². The summed E-state index contributed by atoms with van der Waals surface area (Å²) in [7, 11) is 1.85. The van der Waals surface area contributed by atoms with Crippen LogP contribution in [-0.2, 0) is 0 Å². The van der Waals surface area contributed by atoms with Gasteiger partial charge in [-0.3, -0.25) is 4.99 Å². The third-order valence-electron chi connectivity index (χ3n) is 6.68. The predicted octanol–water partition coefficient (Wildman–Crippen LogP) is 9.04. The Kier molecular flexibility index (Phi) is 5.44. The van der Waals surface area contributed by atoms with Crippen LogP contribution in [0.5, 0.6) is 0 Å². The molecule has 0 saturated heterocycles. The second kappa shape index (κ2) is 9.04. The Bertz CT molecular complexity index is 1660. The second-order valence-corrected chi connectivity index (χ2v) is 8.77. The summed E-state index contributed by atoms with van der Waals surface area (Å²) in [5.41, 5.74) is 8.46. The number of benzene rings is 6. The Labute approximate surface area is 206 Å². The van der Waals surface area contributed by atoms with Crippen LogP contribution in [-0.4, -0.2) is 13.3 Å². The molecule has 1 heteroatoms. The molecule has 0 radical (unpaired) electrons. The minimum Gasteiger partial charge on any atom is -0.296 e. The highest BCUT2D eigenvalue weighted by Gasteiger charge is 2.19. The van der Waals surface area contributed by atoms with Gasteiger partial charge in [0.1, 0.15) is 0 Å². The van der Waals surface area contributed by atoms with Crippen molar-refractivity contribution in [3.63, 3.8) is 0 Å². The van der Waals surface area contributed by atoms with Gasteiger partial charge in [0.15, 0.2) is 0 Å². The molecular formula is C34H25N. The summed E-state index contributed by atoms with van der Waals surface area (Å²) in [6.07, 6.45) is 2.02. The fraction of sp³-hybridized carbons (Fsp3) is 0.0294. The van der Waals surface area contributed by atoms with Gasteiger partial charge in [0, 0.05) is 18.8 Å². The van der Waals surface area contributed by atoms with E-state index < -0.39 is 0 Å². The van der Waals surface area contributed by atoms with Crippen LogP contribution in [0.2, 0.25) is 0 Å². The van der Waals surface area contributed by atoms with Crippen LogP contribution in [0.3, 0.4) is 0 Å². The molecule has 0 heterocycles. The van der Waals surface area contributed by atoms with Crippen molar-refractivity contribution in [2.45, 2.75) is 0 Å². The second-order valence-electron chi connectivity index (χ2n) is 8.77. The van der Waals surface area contributed by atoms with E-state index in [9.17, 15) is 0 Å². The van der Waals surface area contributed by atoms with Crippen molar-refractivity contribution in [3.8, 4) is 33.4 Å². The summed E-state index contributed by atoms with van der Waals surface area (Å²) in [6.45, 7) is 0. The van der Waals surface area contributed by atoms with Crippen LogP contribution in [0.15, 0.2) is 132 Å². The van der Waals surface area contributed by atoms with Gasteiger partial charge in [0.2, 0.25) is 0 Å². The Balaban J connectivity index is 1.88. The lowest BCUT2D eigenvalue weighted by molar-refractivity contribution is 1.47. The lowest BCUT2D eigenvalue weighted by Crippen LogP contribution is -1.97. The number of nitrogens with zero attached hydrogens (tertiary/aromatic N) is 1. The van der Waals surface area contributed by atoms with E-state index in [1.54, 1.807) is 0 Å². The standard InChI is InChI=1S/C34H25N/c1-35-23-32-29-20-12-11-19-28(29)31-22-27(24-13-5-2-6-14-24)21-30(25-15-7-3-8-16-25)34(31)33(32)26-17-9-4-10-18-26/h2-23H,1H3. The number of hydrogen-bond acceptors (Lipinski definition) is 1. The zero-order chi connectivity index (χ0) is 23.6. The summed E-state index contributed by atoms with van der Waals surface area (Å²) >= 11 is 0. The Morgan fingerprint density at radius 1 is 0.486 bits per heavy atom. The highest BCUT2D eigenvalue weighted by atomic mass is 14.6. The Morgan fingerprint density at radius 3 is 1.66 bits per heavy atom. The lowest BCUT2D eigenvalue weighted by Gasteiger charge is -2.20. The Morgan fingerprint density at radius 2 is 1.03 bits per heavy atom. The summed E-state index contributed by atoms with van der Waals surface area (Å²) in [6, 6.07) is 45.5. The van der Waals surface area contributed by atoms with Crippen molar-refractivity contribution in [3.05, 3.63) is 133 Å². The molecule has 0 amide bonds. The summed E-state index contributed by atoms with van der Waals surface area (Å²) in [5, 5.41) is 4.98. The first kappa shape index (κ1) is 21.1. The third-order valence-corrected chi connectivity index (χ3v) is 6.68. The van der Waals surface area contributed by atoms with Crippen molar-refractivity contribution >= 4 is 27.8 Å². The smallest absolute Gasteiger partial charge is 0.0294 e. The quantitative estimate of drug-likeness (QED) is 0.189. The molecule has 1 nitrogen and oxygen atoms in total. The first-order valence-corrected chi connectivity index (χ1v) is 12.0. The zero-order valence-corrected chi connectivity index (χ0v) is 19.6. The minimum absolute atomic E-state index is 1.16. The van der Waals surface area contributed by atoms with E-state index in [1.165, 1.54) is 54.9 Å². The van der Waals surface area contributed by atoms with Gasteiger partial charge in [-0.2, -0.15) is 0 Å². The van der Waals surface area contributed by atoms with Crippen molar-refractivity contribution in [2.24, 2.45) is 4.99 Å². The largest absolute Gasteiger partial charge is 0.296 e. The molecule has 6 rings (SSSR count). The average molecular weight is 448 g/mol. The first-order chi connectivity index (χ1) is 17.3. The van der Waals surface area contributed by atoms with E-state index in [-0.39, 0.29) is 0 Å². The summed E-state index contributed by atoms with van der Waals surface area (Å²) < 4.78 is 0. The number of hydrogen-bond donors (Lipinski definition) is 0. The van der Waals surface area contributed by atoms with E-state index >= 15 is 0 Å². The van der Waals surface area contributed by atoms with E-state index in [0.717, 1.165) is 5.56 Å². The monoisotopic (exact) mass is 447 g/mol. The van der Waals surface area contributed by atoms with Gasteiger partial charge in [-0.25, -0.2) is 0 Å². The van der Waals surface area contributed by atoms with Crippen LogP contribution >= 0.6 is 0 Å². The third kappa shape index (κ3) is 3.72. The van der Waals surface area contributed by atoms with Crippen LogP contribution in [0, 0.1) is 0 Å². The van der Waals surface area contributed by atoms with Gasteiger partial charge < -0.3 is 0 Å². The fourth-order valence-corrected chi connectivity index (χ4v) is 5.16. The van der Waals surface area contributed by atoms with E-state index in [4.69, 9.17) is 0 Å². The molecule has 35 heavy (non-hydrogen) atoms. The van der Waals surface area contributed by atoms with Gasteiger partial charge in [0.05, 0.1) is 0 Å². The predicted molar refractivity (Wildman–Crippen MR) is 151 cm³/mol. The normalized spacial score (nSPS) is 11.5. The van der Waals surface area contributed by atoms with E-state index in [2.05, 4.69) is 132 Å². The Hall–Kier alpha value is -4.49. The highest BCUT2D eigenvalue weighted by molar-refractivity contribution is 6.25. The maximum atomic E-state index is 4.49. The first-order valence-electron chi connectivity index (χ1n) is 12.0. The summed E-state index contributed by atoms with van der Waals surface area (Å²) in [4.78, 5) is 4.49. The van der Waals surface area contributed by atoms with Gasteiger partial charge >= 0.3 is 0 Å². The van der Waals surface area contributed by atoms with Crippen molar-refractivity contribution in [1.82, 2.24) is 0 Å². The van der Waals surface area contributed by atoms with Gasteiger partial charge in [-0.15, -0.1) is 0 Å². The van der Waals surface area contributed by atoms with Crippen molar-refractivity contribution in [2.75, 3.05) is 7.05 Å². The molecular weight excluding hydrogens is 422 g/mol. The van der Waals surface area contributed by atoms with Crippen LogP contribution in [0.1, 0.15) is 5.56 Å². The topological polar surface area (TPSA) is 12.4 Å². The maximum Gasteiger partial charge on any atom is 0.0294 e. The molecule has 0 bridgehead atoms. The average Bonchev–Trinajstić information content (AvgIpc) is 2.94. The van der Waals surface area contributed by atoms with Gasteiger partial charge in [-0.05, 0) is 67.1 Å². The molecule has 166 valence electrons. The zero-order valence-electron chi connectivity index (χ0n) is 19.6. The molecule has 0 aromatic heterocycles. The molecule has 0 aliphatic rings. The molecule has 0 N–H and O–H groups in total. The molecule has 0 spiro atoms. The van der Waals surface area contributed by atoms with Crippen molar-refractivity contribution < 1.29 is 0 Å². The molecule has 0 unspecified atom stereocenters. The summed E-state index contributed by atoms with van der Waals surface area (Å²) in [5.74, 6) is 0. The van der Waals surface area contributed by atoms with E-state index in [1.807, 2.05) is 13.3 Å². The maximum absolute atomic E-state index is 4.49. The molecule has 0 fully saturated rings. The molecule has 0 atom stereocenters. The number of rotatable bonds is 4. The van der Waals surface area contributed by atoms with Crippen LogP contribution in [0.4, 0.5) is 0 Å². The molecule has 0 aliphatic carbocycles. The highest BCUT2D eigenvalue weighted by Crippen LogP contribution is 2.45. The molecule has 0 aliphatic heterocycles. The SMILES string of the molecule is CN=Cc1c(-c2ccccc2)c2c(-c3ccccc3)cc(-c3ccccc3)cc2c2ccccc12. The molecule has 6 aromatic rings. The number of fused-ring (bicyclic) bond motifs is 3. The van der Waals surface area contributed by atoms with Crippen LogP contribution < -0.4 is 0 Å². The van der Waals surface area contributed by atoms with Crippen molar-refractivity contribution in [1.29, 1.82) is 0 Å². The van der Waals surface area contributed by atoms with Gasteiger partial charge in [-0.1, -0.05) is 115 Å².